The second-order valence-corrected chi connectivity index (χ2v) is 8.00. The van der Waals surface area contributed by atoms with Gasteiger partial charge in [0.2, 0.25) is 0 Å². The number of halogens is 4. The van der Waals surface area contributed by atoms with E-state index in [1.165, 1.54) is 19.1 Å². The van der Waals surface area contributed by atoms with Gasteiger partial charge in [0.15, 0.2) is 0 Å². The summed E-state index contributed by atoms with van der Waals surface area (Å²) in [6, 6.07) is 9.95. The normalized spacial score (nSPS) is 11.6. The zero-order valence-corrected chi connectivity index (χ0v) is 18.2. The Hall–Kier alpha value is -2.94. The van der Waals surface area contributed by atoms with Crippen molar-refractivity contribution in [3.8, 4) is 17.0 Å². The number of benzene rings is 2. The third kappa shape index (κ3) is 5.27. The van der Waals surface area contributed by atoms with Crippen molar-refractivity contribution in [1.29, 1.82) is 0 Å². The third-order valence-electron chi connectivity index (χ3n) is 5.08. The van der Waals surface area contributed by atoms with Crippen LogP contribution in [0.3, 0.4) is 0 Å². The van der Waals surface area contributed by atoms with Gasteiger partial charge in [-0.25, -0.2) is 4.39 Å². The Bertz CT molecular complexity index is 1110. The summed E-state index contributed by atoms with van der Waals surface area (Å²) in [7, 11) is 0. The molecule has 0 saturated carbocycles. The largest absolute Gasteiger partial charge is 0.488 e. The number of aliphatic carboxylic acids is 1. The molecule has 32 heavy (non-hydrogen) atoms. The van der Waals surface area contributed by atoms with Crippen LogP contribution in [-0.2, 0) is 30.4 Å². The number of hydrogen-bond donors (Lipinski definition) is 1. The van der Waals surface area contributed by atoms with Crippen LogP contribution in [0, 0.1) is 12.7 Å². The number of carboxylic acids is 1. The number of hydrogen-bond acceptors (Lipinski definition) is 4. The molecule has 1 heterocycles. The average Bonchev–Trinajstić information content (AvgIpc) is 3.18. The van der Waals surface area contributed by atoms with Crippen molar-refractivity contribution in [3.05, 3.63) is 69.3 Å². The van der Waals surface area contributed by atoms with E-state index >= 15 is 0 Å². The van der Waals surface area contributed by atoms with Crippen LogP contribution in [0.15, 0.2) is 36.4 Å². The number of aromatic nitrogens is 1. The molecule has 0 fully saturated rings. The number of nitrogens with zero attached hydrogens (tertiary/aromatic N) is 1. The molecule has 0 saturated heterocycles. The van der Waals surface area contributed by atoms with E-state index in [9.17, 15) is 22.4 Å². The van der Waals surface area contributed by atoms with Crippen molar-refractivity contribution in [2.24, 2.45) is 0 Å². The van der Waals surface area contributed by atoms with E-state index in [0.717, 1.165) is 12.0 Å². The Morgan fingerprint density at radius 3 is 2.44 bits per heavy atom. The molecule has 170 valence electrons. The van der Waals surface area contributed by atoms with Crippen LogP contribution >= 0.6 is 11.5 Å². The predicted octanol–water partition coefficient (Wildman–Crippen LogP) is 6.44. The Balaban J connectivity index is 1.90. The first kappa shape index (κ1) is 23.7. The van der Waals surface area contributed by atoms with Gasteiger partial charge < -0.3 is 9.84 Å². The molecular formula is C23H21F4NO3S. The maximum Gasteiger partial charge on any atom is 0.427 e. The van der Waals surface area contributed by atoms with Crippen LogP contribution < -0.4 is 4.74 Å². The summed E-state index contributed by atoms with van der Waals surface area (Å²) in [5.41, 5.74) is 1.98. The lowest BCUT2D eigenvalue weighted by atomic mass is 10.0. The van der Waals surface area contributed by atoms with Crippen molar-refractivity contribution >= 4 is 17.5 Å². The first-order valence-corrected chi connectivity index (χ1v) is 10.7. The summed E-state index contributed by atoms with van der Waals surface area (Å²) >= 11 is 0.357. The highest BCUT2D eigenvalue weighted by atomic mass is 32.1. The smallest absolute Gasteiger partial charge is 0.427 e. The van der Waals surface area contributed by atoms with Crippen LogP contribution in [0.4, 0.5) is 17.6 Å². The summed E-state index contributed by atoms with van der Waals surface area (Å²) in [5.74, 6) is -1.58. The minimum Gasteiger partial charge on any atom is -0.488 e. The van der Waals surface area contributed by atoms with Gasteiger partial charge in [-0.15, -0.1) is 0 Å². The summed E-state index contributed by atoms with van der Waals surface area (Å²) in [4.78, 5) is 9.87. The van der Waals surface area contributed by atoms with Gasteiger partial charge in [-0.1, -0.05) is 37.3 Å². The SMILES string of the molecule is CCc1ccc(-c2nsc(C(F)(F)F)c2COc2ccc(CCC(=O)O)c(F)c2C)cc1. The summed E-state index contributed by atoms with van der Waals surface area (Å²) in [6.45, 7) is 2.98. The minimum absolute atomic E-state index is 0.00681. The molecule has 0 aliphatic rings. The van der Waals surface area contributed by atoms with E-state index in [1.54, 1.807) is 12.1 Å². The van der Waals surface area contributed by atoms with Crippen molar-refractivity contribution < 1.29 is 32.2 Å². The average molecular weight is 467 g/mol. The van der Waals surface area contributed by atoms with E-state index < -0.39 is 29.4 Å². The standard InChI is InChI=1S/C23H21F4NO3S/c1-3-14-4-6-16(7-5-14)21-17(22(32-28-21)23(25,26)27)12-31-18-10-8-15(9-11-19(29)30)20(24)13(18)2/h4-8,10H,3,9,11-12H2,1-2H3,(H,29,30). The van der Waals surface area contributed by atoms with Gasteiger partial charge >= 0.3 is 12.1 Å². The van der Waals surface area contributed by atoms with E-state index in [0.29, 0.717) is 17.1 Å². The molecule has 9 heteroatoms. The highest BCUT2D eigenvalue weighted by Crippen LogP contribution is 2.40. The van der Waals surface area contributed by atoms with Gasteiger partial charge in [-0.05, 0) is 48.5 Å². The molecule has 0 bridgehead atoms. The highest BCUT2D eigenvalue weighted by molar-refractivity contribution is 7.06. The van der Waals surface area contributed by atoms with E-state index in [4.69, 9.17) is 9.84 Å². The van der Waals surface area contributed by atoms with Gasteiger partial charge in [0.1, 0.15) is 23.1 Å². The molecule has 1 N–H and O–H groups in total. The van der Waals surface area contributed by atoms with Crippen LogP contribution in [0.5, 0.6) is 5.75 Å². The molecule has 0 aliphatic carbocycles. The zero-order valence-electron chi connectivity index (χ0n) is 17.4. The molecule has 4 nitrogen and oxygen atoms in total. The number of rotatable bonds is 8. The van der Waals surface area contributed by atoms with E-state index in [-0.39, 0.29) is 41.0 Å². The first-order valence-electron chi connectivity index (χ1n) is 9.89. The molecule has 0 atom stereocenters. The van der Waals surface area contributed by atoms with E-state index in [2.05, 4.69) is 4.37 Å². The highest BCUT2D eigenvalue weighted by Gasteiger charge is 2.38. The van der Waals surface area contributed by atoms with Gasteiger partial charge in [-0.3, -0.25) is 4.79 Å². The molecule has 0 radical (unpaired) electrons. The van der Waals surface area contributed by atoms with Crippen molar-refractivity contribution in [2.75, 3.05) is 0 Å². The lowest BCUT2D eigenvalue weighted by Gasteiger charge is -2.14. The third-order valence-corrected chi connectivity index (χ3v) is 6.01. The van der Waals surface area contributed by atoms with Crippen LogP contribution in [0.1, 0.15) is 40.5 Å². The van der Waals surface area contributed by atoms with E-state index in [1.807, 2.05) is 19.1 Å². The molecular weight excluding hydrogens is 446 g/mol. The Morgan fingerprint density at radius 2 is 1.84 bits per heavy atom. The second kappa shape index (κ2) is 9.68. The maximum atomic E-state index is 14.6. The molecule has 1 aromatic heterocycles. The zero-order chi connectivity index (χ0) is 23.5. The molecule has 2 aromatic carbocycles. The van der Waals surface area contributed by atoms with Crippen LogP contribution in [0.25, 0.3) is 11.3 Å². The molecule has 0 spiro atoms. The van der Waals surface area contributed by atoms with Crippen LogP contribution in [0.2, 0.25) is 0 Å². The Labute approximate surface area is 186 Å². The molecule has 0 unspecified atom stereocenters. The first-order chi connectivity index (χ1) is 15.1. The number of ether oxygens (including phenoxy) is 1. The van der Waals surface area contributed by atoms with Gasteiger partial charge in [0.05, 0.1) is 5.69 Å². The Morgan fingerprint density at radius 1 is 1.16 bits per heavy atom. The van der Waals surface area contributed by atoms with Crippen molar-refractivity contribution in [3.63, 3.8) is 0 Å². The number of aryl methyl sites for hydroxylation is 2. The topological polar surface area (TPSA) is 59.4 Å². The number of alkyl halides is 3. The molecule has 3 aromatic rings. The van der Waals surface area contributed by atoms with Crippen molar-refractivity contribution in [2.45, 2.75) is 45.9 Å². The predicted molar refractivity (Wildman–Crippen MR) is 113 cm³/mol. The summed E-state index contributed by atoms with van der Waals surface area (Å²) in [6.07, 6.45) is -4.02. The lowest BCUT2D eigenvalue weighted by Crippen LogP contribution is -2.09. The fourth-order valence-electron chi connectivity index (χ4n) is 3.26. The molecule has 0 aliphatic heterocycles. The maximum absolute atomic E-state index is 14.6. The monoisotopic (exact) mass is 467 g/mol. The lowest BCUT2D eigenvalue weighted by molar-refractivity contribution is -0.137. The number of carboxylic acid groups (broad SMARTS) is 1. The van der Waals surface area contributed by atoms with Gasteiger partial charge in [-0.2, -0.15) is 17.5 Å². The molecule has 0 amide bonds. The summed E-state index contributed by atoms with van der Waals surface area (Å²) < 4.78 is 64.9. The fraction of sp³-hybridized carbons (Fsp3) is 0.304. The quantitative estimate of drug-likeness (QED) is 0.388. The summed E-state index contributed by atoms with van der Waals surface area (Å²) in [5, 5.41) is 8.78. The van der Waals surface area contributed by atoms with Crippen LogP contribution in [-0.4, -0.2) is 15.4 Å². The minimum atomic E-state index is -4.60. The molecule has 3 rings (SSSR count). The fourth-order valence-corrected chi connectivity index (χ4v) is 4.02. The van der Waals surface area contributed by atoms with Gasteiger partial charge in [0, 0.05) is 23.1 Å². The Kier molecular flexibility index (Phi) is 7.18. The van der Waals surface area contributed by atoms with Crippen molar-refractivity contribution in [1.82, 2.24) is 4.37 Å². The second-order valence-electron chi connectivity index (χ2n) is 7.23. The number of carbonyl (C=O) groups is 1. The van der Waals surface area contributed by atoms with Gasteiger partial charge in [0.25, 0.3) is 0 Å².